The first kappa shape index (κ1) is 13.2. The number of aldehydes is 1. The fourth-order valence-electron chi connectivity index (χ4n) is 1.13. The number of carbonyl (C=O) groups is 1. The minimum absolute atomic E-state index is 0.161. The van der Waals surface area contributed by atoms with Gasteiger partial charge < -0.3 is 4.79 Å². The molecule has 1 nitrogen and oxygen atoms in total. The van der Waals surface area contributed by atoms with E-state index in [9.17, 15) is 4.79 Å². The van der Waals surface area contributed by atoms with Gasteiger partial charge in [-0.05, 0) is 40.0 Å². The molecule has 0 bridgehead atoms. The quantitative estimate of drug-likeness (QED) is 0.463. The van der Waals surface area contributed by atoms with E-state index in [1.165, 1.54) is 11.1 Å². The van der Waals surface area contributed by atoms with E-state index in [4.69, 9.17) is 0 Å². The molecular weight excluding hydrogens is 172 g/mol. The van der Waals surface area contributed by atoms with Crippen LogP contribution in [-0.2, 0) is 4.79 Å². The lowest BCUT2D eigenvalue weighted by molar-refractivity contribution is -0.110. The molecule has 1 heteroatoms. The van der Waals surface area contributed by atoms with E-state index < -0.39 is 0 Å². The van der Waals surface area contributed by atoms with Crippen molar-refractivity contribution >= 4 is 6.29 Å². The van der Waals surface area contributed by atoms with Crippen LogP contribution in [0.5, 0.6) is 0 Å². The van der Waals surface area contributed by atoms with Crippen LogP contribution in [-0.4, -0.2) is 6.29 Å². The van der Waals surface area contributed by atoms with E-state index in [0.717, 1.165) is 25.5 Å². The van der Waals surface area contributed by atoms with E-state index in [2.05, 4.69) is 32.9 Å². The molecule has 1 unspecified atom stereocenters. The van der Waals surface area contributed by atoms with Crippen molar-refractivity contribution in [3.05, 3.63) is 23.3 Å². The molecule has 0 aliphatic heterocycles. The molecule has 0 N–H and O–H groups in total. The van der Waals surface area contributed by atoms with Gasteiger partial charge in [-0.3, -0.25) is 0 Å². The van der Waals surface area contributed by atoms with Crippen molar-refractivity contribution in [2.75, 3.05) is 0 Å². The average molecular weight is 194 g/mol. The van der Waals surface area contributed by atoms with Crippen LogP contribution in [0.25, 0.3) is 0 Å². The fourth-order valence-corrected chi connectivity index (χ4v) is 1.13. The molecule has 1 atom stereocenters. The normalized spacial score (nSPS) is 13.6. The summed E-state index contributed by atoms with van der Waals surface area (Å²) in [6.45, 7) is 8.32. The smallest absolute Gasteiger partial charge is 0.123 e. The van der Waals surface area contributed by atoms with Crippen molar-refractivity contribution in [1.29, 1.82) is 0 Å². The molecule has 0 rings (SSSR count). The summed E-state index contributed by atoms with van der Waals surface area (Å²) in [5.41, 5.74) is 2.76. The SMILES string of the molecule is CC(C)=CCC/C(C)=C\CC(C)C=O. The standard InChI is InChI=1S/C13H22O/c1-11(2)6-5-7-12(3)8-9-13(4)10-14/h6,8,10,13H,5,7,9H2,1-4H3/b12-8-. The van der Waals surface area contributed by atoms with Gasteiger partial charge in [-0.25, -0.2) is 0 Å². The molecule has 0 radical (unpaired) electrons. The van der Waals surface area contributed by atoms with Crippen molar-refractivity contribution in [2.24, 2.45) is 5.92 Å². The van der Waals surface area contributed by atoms with Gasteiger partial charge in [0.05, 0.1) is 0 Å². The third-order valence-electron chi connectivity index (χ3n) is 2.16. The zero-order chi connectivity index (χ0) is 11.0. The Morgan fingerprint density at radius 3 is 2.36 bits per heavy atom. The van der Waals surface area contributed by atoms with Crippen molar-refractivity contribution in [3.63, 3.8) is 0 Å². The minimum atomic E-state index is 0.161. The van der Waals surface area contributed by atoms with E-state index >= 15 is 0 Å². The first-order valence-corrected chi connectivity index (χ1v) is 5.30. The molecule has 0 aromatic rings. The Hall–Kier alpha value is -0.850. The van der Waals surface area contributed by atoms with Crippen LogP contribution >= 0.6 is 0 Å². The van der Waals surface area contributed by atoms with Gasteiger partial charge in [0.2, 0.25) is 0 Å². The second-order valence-corrected chi connectivity index (χ2v) is 4.22. The van der Waals surface area contributed by atoms with Crippen LogP contribution in [0.15, 0.2) is 23.3 Å². The van der Waals surface area contributed by atoms with Crippen molar-refractivity contribution in [3.8, 4) is 0 Å². The van der Waals surface area contributed by atoms with Crippen molar-refractivity contribution < 1.29 is 4.79 Å². The fraction of sp³-hybridized carbons (Fsp3) is 0.615. The van der Waals surface area contributed by atoms with Gasteiger partial charge in [0.25, 0.3) is 0 Å². The molecule has 80 valence electrons. The summed E-state index contributed by atoms with van der Waals surface area (Å²) in [6, 6.07) is 0. The summed E-state index contributed by atoms with van der Waals surface area (Å²) in [5.74, 6) is 0.161. The zero-order valence-electron chi connectivity index (χ0n) is 9.84. The molecule has 14 heavy (non-hydrogen) atoms. The Balaban J connectivity index is 3.78. The van der Waals surface area contributed by atoms with Crippen LogP contribution < -0.4 is 0 Å². The summed E-state index contributed by atoms with van der Waals surface area (Å²) < 4.78 is 0. The molecule has 0 aliphatic carbocycles. The predicted octanol–water partition coefficient (Wildman–Crippen LogP) is 3.90. The highest BCUT2D eigenvalue weighted by Gasteiger charge is 1.96. The number of carbonyl (C=O) groups excluding carboxylic acids is 1. The molecule has 0 heterocycles. The molecule has 0 amide bonds. The minimum Gasteiger partial charge on any atom is -0.303 e. The van der Waals surface area contributed by atoms with Crippen LogP contribution in [0.3, 0.4) is 0 Å². The van der Waals surface area contributed by atoms with E-state index in [-0.39, 0.29) is 5.92 Å². The maximum Gasteiger partial charge on any atom is 0.123 e. The summed E-state index contributed by atoms with van der Waals surface area (Å²) in [5, 5.41) is 0. The van der Waals surface area contributed by atoms with Crippen LogP contribution in [0, 0.1) is 5.92 Å². The number of hydrogen-bond donors (Lipinski definition) is 0. The summed E-state index contributed by atoms with van der Waals surface area (Å²) in [4.78, 5) is 10.4. The molecule has 0 saturated carbocycles. The van der Waals surface area contributed by atoms with Gasteiger partial charge in [0.15, 0.2) is 0 Å². The van der Waals surface area contributed by atoms with Crippen molar-refractivity contribution in [1.82, 2.24) is 0 Å². The van der Waals surface area contributed by atoms with Crippen LogP contribution in [0.4, 0.5) is 0 Å². The second-order valence-electron chi connectivity index (χ2n) is 4.22. The Kier molecular flexibility index (Phi) is 7.09. The lowest BCUT2D eigenvalue weighted by atomic mass is 10.0. The Bertz CT molecular complexity index is 219. The second kappa shape index (κ2) is 7.54. The van der Waals surface area contributed by atoms with Crippen LogP contribution in [0.1, 0.15) is 47.0 Å². The Morgan fingerprint density at radius 1 is 1.21 bits per heavy atom. The molecule has 0 aromatic heterocycles. The summed E-state index contributed by atoms with van der Waals surface area (Å²) >= 11 is 0. The summed E-state index contributed by atoms with van der Waals surface area (Å²) in [7, 11) is 0. The first-order chi connectivity index (χ1) is 6.56. The monoisotopic (exact) mass is 194 g/mol. The maximum absolute atomic E-state index is 10.4. The zero-order valence-corrected chi connectivity index (χ0v) is 9.84. The molecule has 0 fully saturated rings. The highest BCUT2D eigenvalue weighted by Crippen LogP contribution is 2.09. The van der Waals surface area contributed by atoms with E-state index in [0.29, 0.717) is 0 Å². The Morgan fingerprint density at radius 2 is 1.86 bits per heavy atom. The molecular formula is C13H22O. The van der Waals surface area contributed by atoms with E-state index in [1.54, 1.807) is 0 Å². The lowest BCUT2D eigenvalue weighted by Gasteiger charge is -2.01. The van der Waals surface area contributed by atoms with Crippen LogP contribution in [0.2, 0.25) is 0 Å². The molecule has 0 aliphatic rings. The largest absolute Gasteiger partial charge is 0.303 e. The number of hydrogen-bond acceptors (Lipinski definition) is 1. The Labute approximate surface area is 87.9 Å². The molecule has 0 spiro atoms. The van der Waals surface area contributed by atoms with Gasteiger partial charge in [-0.2, -0.15) is 0 Å². The first-order valence-electron chi connectivity index (χ1n) is 5.30. The highest BCUT2D eigenvalue weighted by molar-refractivity contribution is 5.53. The lowest BCUT2D eigenvalue weighted by Crippen LogP contribution is -1.92. The van der Waals surface area contributed by atoms with Gasteiger partial charge in [-0.1, -0.05) is 30.2 Å². The average Bonchev–Trinajstić information content (AvgIpc) is 2.13. The highest BCUT2D eigenvalue weighted by atomic mass is 16.1. The van der Waals surface area contributed by atoms with E-state index in [1.807, 2.05) is 6.92 Å². The van der Waals surface area contributed by atoms with Crippen molar-refractivity contribution in [2.45, 2.75) is 47.0 Å². The van der Waals surface area contributed by atoms with Gasteiger partial charge in [0, 0.05) is 5.92 Å². The number of rotatable bonds is 6. The maximum atomic E-state index is 10.4. The topological polar surface area (TPSA) is 17.1 Å². The summed E-state index contributed by atoms with van der Waals surface area (Å²) in [6.07, 6.45) is 8.54. The third kappa shape index (κ3) is 7.78. The number of allylic oxidation sites excluding steroid dienone is 4. The molecule has 0 aromatic carbocycles. The third-order valence-corrected chi connectivity index (χ3v) is 2.16. The van der Waals surface area contributed by atoms with Gasteiger partial charge in [0.1, 0.15) is 6.29 Å². The van der Waals surface area contributed by atoms with Gasteiger partial charge in [-0.15, -0.1) is 0 Å². The van der Waals surface area contributed by atoms with Gasteiger partial charge >= 0.3 is 0 Å². The predicted molar refractivity (Wildman–Crippen MR) is 62.3 cm³/mol. The molecule has 0 saturated heterocycles.